The van der Waals surface area contributed by atoms with Gasteiger partial charge in [-0.25, -0.2) is 18.6 Å². The molecule has 3 fully saturated rings. The van der Waals surface area contributed by atoms with Crippen molar-refractivity contribution < 1.29 is 37.4 Å². The van der Waals surface area contributed by atoms with Gasteiger partial charge in [0.05, 0.1) is 29.8 Å². The molecule has 6 atom stereocenters. The fraction of sp³-hybridized carbons (Fsp3) is 0.647. The van der Waals surface area contributed by atoms with Gasteiger partial charge in [0, 0.05) is 29.7 Å². The summed E-state index contributed by atoms with van der Waals surface area (Å²) in [6, 6.07) is 4.78. The van der Waals surface area contributed by atoms with E-state index < -0.39 is 59.5 Å². The molecule has 45 heavy (non-hydrogen) atoms. The number of hydrogen-bond acceptors (Lipinski definition) is 7. The van der Waals surface area contributed by atoms with Crippen molar-refractivity contribution in [3.8, 4) is 11.6 Å². The first kappa shape index (κ1) is 31.5. The second kappa shape index (κ2) is 11.4. The van der Waals surface area contributed by atoms with Crippen molar-refractivity contribution in [3.63, 3.8) is 0 Å². The summed E-state index contributed by atoms with van der Waals surface area (Å²) in [5.41, 5.74) is -1.29. The third-order valence-corrected chi connectivity index (χ3v) is 9.87. The number of hydrogen-bond donors (Lipinski definition) is 1. The molecule has 11 heteroatoms. The highest BCUT2D eigenvalue weighted by Gasteiger charge is 2.54. The summed E-state index contributed by atoms with van der Waals surface area (Å²) in [6.07, 6.45) is 2.94. The molecule has 1 aromatic carbocycles. The van der Waals surface area contributed by atoms with Crippen LogP contribution in [-0.4, -0.2) is 64.6 Å². The molecule has 0 unspecified atom stereocenters. The molecule has 2 aliphatic carbocycles. The van der Waals surface area contributed by atoms with Crippen molar-refractivity contribution in [1.29, 1.82) is 0 Å². The third kappa shape index (κ3) is 6.45. The van der Waals surface area contributed by atoms with Crippen molar-refractivity contribution in [2.75, 3.05) is 6.54 Å². The maximum Gasteiger partial charge on any atom is 0.408 e. The highest BCUT2D eigenvalue weighted by atomic mass is 19.3. The summed E-state index contributed by atoms with van der Waals surface area (Å²) in [7, 11) is 0. The zero-order valence-corrected chi connectivity index (χ0v) is 26.6. The van der Waals surface area contributed by atoms with Gasteiger partial charge in [-0.15, -0.1) is 0 Å². The normalized spacial score (nSPS) is 32.2. The lowest BCUT2D eigenvalue weighted by molar-refractivity contribution is -0.139. The summed E-state index contributed by atoms with van der Waals surface area (Å²) in [4.78, 5) is 45.4. The number of alkyl halides is 2. The van der Waals surface area contributed by atoms with Gasteiger partial charge in [0.15, 0.2) is 0 Å². The van der Waals surface area contributed by atoms with E-state index in [0.717, 1.165) is 12.8 Å². The van der Waals surface area contributed by atoms with E-state index in [1.165, 1.54) is 11.0 Å². The Labute approximate surface area is 262 Å². The van der Waals surface area contributed by atoms with Crippen LogP contribution in [0.5, 0.6) is 11.6 Å². The molecule has 1 N–H and O–H groups in total. The molecule has 2 aromatic rings. The average Bonchev–Trinajstić information content (AvgIpc) is 3.87. The molecule has 9 nitrogen and oxygen atoms in total. The number of ether oxygens (including phenoxy) is 3. The van der Waals surface area contributed by atoms with E-state index in [2.05, 4.69) is 10.3 Å². The molecule has 0 spiro atoms. The Morgan fingerprint density at radius 3 is 2.58 bits per heavy atom. The minimum absolute atomic E-state index is 0.0396. The molecule has 3 heterocycles. The van der Waals surface area contributed by atoms with E-state index in [1.807, 2.05) is 27.7 Å². The van der Waals surface area contributed by atoms with Gasteiger partial charge < -0.3 is 29.2 Å². The van der Waals surface area contributed by atoms with E-state index >= 15 is 8.78 Å². The molecule has 2 aliphatic heterocycles. The van der Waals surface area contributed by atoms with Crippen LogP contribution in [0.15, 0.2) is 24.3 Å². The highest BCUT2D eigenvalue weighted by molar-refractivity contribution is 5.89. The molecule has 6 rings (SSSR count). The smallest absolute Gasteiger partial charge is 0.408 e. The number of aldehydes is 1. The van der Waals surface area contributed by atoms with Crippen molar-refractivity contribution in [3.05, 3.63) is 29.8 Å². The van der Waals surface area contributed by atoms with Gasteiger partial charge in [-0.05, 0) is 62.6 Å². The number of nitrogens with zero attached hydrogens (tertiary/aromatic N) is 2. The number of alkyl carbamates (subject to hydrolysis) is 1. The molecule has 244 valence electrons. The van der Waals surface area contributed by atoms with Gasteiger partial charge in [0.2, 0.25) is 11.8 Å². The van der Waals surface area contributed by atoms with Crippen LogP contribution in [0.3, 0.4) is 0 Å². The van der Waals surface area contributed by atoms with Gasteiger partial charge >= 0.3 is 6.09 Å². The SMILES string of the molecule is C[C@@H]1[C@@H]2CN(C(=O)[C@H](C(C)(C)C)NC(=O)O[C@]3(C)C[C@H]3CCCCC(F)(F)c3cc4ccc(OC5CC5)cc4nc3O2)[C@@H]1C=O. The van der Waals surface area contributed by atoms with E-state index in [0.29, 0.717) is 42.2 Å². The standard InChI is InChI=1S/C34H43F2N3O6/c1-19-26(18-40)39-17-27(19)44-29-24(14-20-9-10-23(15-25(20)37-29)43-22-11-12-22)34(35,36)13-7-6-8-21-16-33(21,5)45-31(42)38-28(30(39)41)32(2,3)4/h9-10,14-15,18-19,21-22,26-28H,6-8,11-13,16-17H2,1-5H3,(H,38,42)/t19-,21+,26+,27-,28+,33+/m0/s1. The van der Waals surface area contributed by atoms with Crippen LogP contribution in [0.1, 0.15) is 85.1 Å². The van der Waals surface area contributed by atoms with Crippen LogP contribution >= 0.6 is 0 Å². The number of carbonyl (C=O) groups is 3. The quantitative estimate of drug-likeness (QED) is 0.407. The molecule has 2 amide bonds. The van der Waals surface area contributed by atoms with Crippen molar-refractivity contribution in [2.45, 2.75) is 115 Å². The van der Waals surface area contributed by atoms with Crippen molar-refractivity contribution >= 4 is 29.2 Å². The predicted molar refractivity (Wildman–Crippen MR) is 162 cm³/mol. The lowest BCUT2D eigenvalue weighted by atomic mass is 9.85. The van der Waals surface area contributed by atoms with E-state index in [4.69, 9.17) is 14.2 Å². The van der Waals surface area contributed by atoms with Gasteiger partial charge in [-0.2, -0.15) is 0 Å². The Morgan fingerprint density at radius 2 is 1.89 bits per heavy atom. The van der Waals surface area contributed by atoms with Crippen LogP contribution in [0.2, 0.25) is 0 Å². The summed E-state index contributed by atoms with van der Waals surface area (Å²) >= 11 is 0. The zero-order valence-electron chi connectivity index (χ0n) is 26.6. The lowest BCUT2D eigenvalue weighted by Crippen LogP contribution is -2.56. The number of pyridine rings is 1. The van der Waals surface area contributed by atoms with E-state index in [-0.39, 0.29) is 36.4 Å². The number of benzene rings is 1. The third-order valence-electron chi connectivity index (χ3n) is 9.87. The number of amides is 2. The fourth-order valence-electron chi connectivity index (χ4n) is 6.65. The van der Waals surface area contributed by atoms with Crippen LogP contribution in [0.25, 0.3) is 10.9 Å². The van der Waals surface area contributed by atoms with E-state index in [1.54, 1.807) is 25.1 Å². The second-order valence-corrected chi connectivity index (χ2v) is 14.6. The van der Waals surface area contributed by atoms with Crippen LogP contribution in [0.4, 0.5) is 13.6 Å². The number of aromatic nitrogens is 1. The highest BCUT2D eigenvalue weighted by Crippen LogP contribution is 2.50. The summed E-state index contributed by atoms with van der Waals surface area (Å²) in [6.45, 7) is 9.01. The maximum absolute atomic E-state index is 16.0. The minimum atomic E-state index is -3.24. The maximum atomic E-state index is 16.0. The summed E-state index contributed by atoms with van der Waals surface area (Å²) < 4.78 is 50.0. The number of carbonyl (C=O) groups excluding carboxylic acids is 3. The first-order valence-electron chi connectivity index (χ1n) is 16.1. The predicted octanol–water partition coefficient (Wildman–Crippen LogP) is 6.15. The van der Waals surface area contributed by atoms with Gasteiger partial charge in [0.25, 0.3) is 5.92 Å². The van der Waals surface area contributed by atoms with E-state index in [9.17, 15) is 14.4 Å². The first-order valence-corrected chi connectivity index (χ1v) is 16.1. The lowest BCUT2D eigenvalue weighted by Gasteiger charge is -2.35. The topological polar surface area (TPSA) is 107 Å². The summed E-state index contributed by atoms with van der Waals surface area (Å²) in [5, 5.41) is 3.31. The largest absolute Gasteiger partial charge is 0.490 e. The van der Waals surface area contributed by atoms with Gasteiger partial charge in [0.1, 0.15) is 29.8 Å². The monoisotopic (exact) mass is 627 g/mol. The average molecular weight is 628 g/mol. The molecule has 2 bridgehead atoms. The second-order valence-electron chi connectivity index (χ2n) is 14.6. The number of nitrogens with one attached hydrogen (secondary N) is 1. The number of rotatable bonds is 3. The minimum Gasteiger partial charge on any atom is -0.490 e. The Morgan fingerprint density at radius 1 is 1.13 bits per heavy atom. The molecule has 1 aromatic heterocycles. The molecular formula is C34H43F2N3O6. The van der Waals surface area contributed by atoms with Crippen molar-refractivity contribution in [2.24, 2.45) is 17.3 Å². The van der Waals surface area contributed by atoms with Gasteiger partial charge in [-0.3, -0.25) is 4.79 Å². The molecule has 4 aliphatic rings. The summed E-state index contributed by atoms with van der Waals surface area (Å²) in [5.74, 6) is -3.79. The Balaban J connectivity index is 1.38. The number of fused-ring (bicyclic) bond motifs is 5. The fourth-order valence-corrected chi connectivity index (χ4v) is 6.65. The molecule has 2 saturated carbocycles. The molecule has 0 radical (unpaired) electrons. The van der Waals surface area contributed by atoms with Crippen molar-refractivity contribution in [1.82, 2.24) is 15.2 Å². The van der Waals surface area contributed by atoms with Crippen LogP contribution < -0.4 is 14.8 Å². The first-order chi connectivity index (χ1) is 21.2. The Bertz CT molecular complexity index is 1490. The Hall–Kier alpha value is -3.50. The van der Waals surface area contributed by atoms with Crippen LogP contribution in [0, 0.1) is 17.3 Å². The molecular weight excluding hydrogens is 584 g/mol. The van der Waals surface area contributed by atoms with Gasteiger partial charge in [-0.1, -0.05) is 34.1 Å². The Kier molecular flexibility index (Phi) is 7.96. The number of halogens is 2. The van der Waals surface area contributed by atoms with Crippen LogP contribution in [-0.2, 0) is 20.2 Å². The molecule has 1 saturated heterocycles. The zero-order chi connectivity index (χ0) is 32.3.